The van der Waals surface area contributed by atoms with E-state index in [0.29, 0.717) is 13.1 Å². The molecule has 0 heterocycles. The summed E-state index contributed by atoms with van der Waals surface area (Å²) in [7, 11) is -7.57. The lowest BCUT2D eigenvalue weighted by Gasteiger charge is -2.18. The minimum absolute atomic E-state index is 0.00165. The van der Waals surface area contributed by atoms with Crippen LogP contribution in [0, 0.1) is 0 Å². The van der Waals surface area contributed by atoms with E-state index in [4.69, 9.17) is 23.2 Å². The Hall–Kier alpha value is -4.54. The number of sulfonamides is 2. The molecule has 0 saturated carbocycles. The molecule has 2 amide bonds. The molecule has 0 radical (unpaired) electrons. The Balaban J connectivity index is 1.66. The van der Waals surface area contributed by atoms with Gasteiger partial charge >= 0.3 is 0 Å². The van der Waals surface area contributed by atoms with Crippen LogP contribution in [0.1, 0.15) is 41.5 Å². The van der Waals surface area contributed by atoms with Crippen molar-refractivity contribution in [2.45, 2.75) is 63.4 Å². The molecule has 18 nitrogen and oxygen atoms in total. The number of nitrogens with zero attached hydrogens (tertiary/aromatic N) is 6. The zero-order chi connectivity index (χ0) is 44.6. The minimum Gasteiger partial charge on any atom is -0.322 e. The van der Waals surface area contributed by atoms with Gasteiger partial charge in [-0.25, -0.2) is 26.3 Å². The molecular formula is C38H50Cl2N10O8S2. The number of azo groups is 2. The van der Waals surface area contributed by atoms with Gasteiger partial charge in [0.1, 0.15) is 0 Å². The van der Waals surface area contributed by atoms with Crippen LogP contribution in [0.2, 0.25) is 10.0 Å². The molecule has 0 spiro atoms. The summed E-state index contributed by atoms with van der Waals surface area (Å²) < 4.78 is 55.9. The van der Waals surface area contributed by atoms with E-state index in [0.717, 1.165) is 40.0 Å². The van der Waals surface area contributed by atoms with Crippen molar-refractivity contribution >= 4 is 89.4 Å². The van der Waals surface area contributed by atoms with Gasteiger partial charge in [-0.3, -0.25) is 19.2 Å². The van der Waals surface area contributed by atoms with Crippen LogP contribution in [-0.2, 0) is 39.2 Å². The Kier molecular flexibility index (Phi) is 19.5. The second-order valence-corrected chi connectivity index (χ2v) is 17.4. The topological polar surface area (TPSA) is 241 Å². The molecule has 2 unspecified atom stereocenters. The first kappa shape index (κ1) is 49.8. The van der Waals surface area contributed by atoms with Crippen LogP contribution in [0.4, 0.5) is 22.7 Å². The van der Waals surface area contributed by atoms with E-state index in [1.54, 1.807) is 0 Å². The molecule has 2 atom stereocenters. The second kappa shape index (κ2) is 23.5. The first-order chi connectivity index (χ1) is 28.3. The third kappa shape index (κ3) is 14.9. The summed E-state index contributed by atoms with van der Waals surface area (Å²) in [6.07, 6.45) is 0. The van der Waals surface area contributed by atoms with Crippen molar-refractivity contribution in [2.24, 2.45) is 20.5 Å². The van der Waals surface area contributed by atoms with E-state index in [1.165, 1.54) is 60.7 Å². The summed E-state index contributed by atoms with van der Waals surface area (Å²) >= 11 is 12.8. The number of benzene rings is 3. The number of ketones is 2. The first-order valence-corrected chi connectivity index (χ1v) is 22.6. The number of hydrogen-bond acceptors (Lipinski definition) is 14. The number of carbonyl (C=O) groups excluding carboxylic acids is 4. The Labute approximate surface area is 360 Å². The molecule has 0 aliphatic rings. The van der Waals surface area contributed by atoms with Crippen LogP contribution in [0.25, 0.3) is 0 Å². The molecule has 3 rings (SSSR count). The highest BCUT2D eigenvalue weighted by Crippen LogP contribution is 2.33. The highest BCUT2D eigenvalue weighted by atomic mass is 35.5. The van der Waals surface area contributed by atoms with E-state index in [1.807, 2.05) is 27.7 Å². The summed E-state index contributed by atoms with van der Waals surface area (Å²) in [5.41, 5.74) is 0.279. The maximum absolute atomic E-state index is 13.1. The van der Waals surface area contributed by atoms with Crippen LogP contribution in [-0.4, -0.2) is 114 Å². The number of nitrogens with one attached hydrogen (secondary N) is 4. The SMILES string of the molecule is CCN(CC)CCNS(=O)(=O)c1ccc(N=NC(C(C)=O)C(=O)Nc2cc(Cl)c(NC(=O)C(N=Nc3ccc(S(=O)(=O)NCCN(CC)CC)cc3)C(C)=O)cc2Cl)cc1. The van der Waals surface area contributed by atoms with Crippen molar-refractivity contribution in [3.05, 3.63) is 70.7 Å². The summed E-state index contributed by atoms with van der Waals surface area (Å²) in [6, 6.07) is 9.97. The lowest BCUT2D eigenvalue weighted by atomic mass is 10.2. The van der Waals surface area contributed by atoms with Crippen LogP contribution < -0.4 is 20.1 Å². The highest BCUT2D eigenvalue weighted by molar-refractivity contribution is 7.89. The number of likely N-dealkylation sites (N-methyl/N-ethyl adjacent to an activating group) is 2. The van der Waals surface area contributed by atoms with Crippen LogP contribution in [0.3, 0.4) is 0 Å². The quantitative estimate of drug-likeness (QED) is 0.0641. The summed E-state index contributed by atoms with van der Waals surface area (Å²) in [5.74, 6) is -3.15. The van der Waals surface area contributed by atoms with Crippen molar-refractivity contribution in [3.63, 3.8) is 0 Å². The molecule has 0 bridgehead atoms. The van der Waals surface area contributed by atoms with Gasteiger partial charge in [-0.15, -0.1) is 0 Å². The second-order valence-electron chi connectivity index (χ2n) is 13.1. The molecule has 0 aromatic heterocycles. The van der Waals surface area contributed by atoms with Gasteiger partial charge in [-0.2, -0.15) is 20.5 Å². The smallest absolute Gasteiger partial charge is 0.258 e. The van der Waals surface area contributed by atoms with Crippen LogP contribution >= 0.6 is 23.2 Å². The zero-order valence-corrected chi connectivity index (χ0v) is 37.3. The average molecular weight is 910 g/mol. The Morgan fingerprint density at radius 1 is 0.583 bits per heavy atom. The van der Waals surface area contributed by atoms with Crippen molar-refractivity contribution in [1.82, 2.24) is 19.2 Å². The van der Waals surface area contributed by atoms with Crippen molar-refractivity contribution in [2.75, 3.05) is 63.0 Å². The molecule has 60 heavy (non-hydrogen) atoms. The van der Waals surface area contributed by atoms with Crippen molar-refractivity contribution in [1.29, 1.82) is 0 Å². The van der Waals surface area contributed by atoms with E-state index in [-0.39, 0.29) is 55.7 Å². The van der Waals surface area contributed by atoms with E-state index in [2.05, 4.69) is 50.3 Å². The molecular weight excluding hydrogens is 860 g/mol. The van der Waals surface area contributed by atoms with E-state index in [9.17, 15) is 36.0 Å². The van der Waals surface area contributed by atoms with Gasteiger partial charge in [0.15, 0.2) is 11.6 Å². The fourth-order valence-electron chi connectivity index (χ4n) is 5.33. The number of hydrogen-bond donors (Lipinski definition) is 4. The fourth-order valence-corrected chi connectivity index (χ4v) is 7.80. The standard InChI is InChI=1S/C38H50Cl2N10O8S2/c1-7-49(8-2)21-19-41-59(55,56)29-15-11-27(12-16-29)45-47-35(25(5)51)37(53)43-33-23-32(40)34(24-31(33)39)44-38(54)36(26(6)52)48-46-28-13-17-30(18-14-28)60(57,58)42-20-22-50(9-3)10-4/h11-18,23-24,35-36,41-42H,7-10,19-22H2,1-6H3,(H,43,53)(H,44,54). The largest absolute Gasteiger partial charge is 0.322 e. The first-order valence-electron chi connectivity index (χ1n) is 18.9. The number of anilines is 2. The molecule has 0 fully saturated rings. The van der Waals surface area contributed by atoms with Gasteiger partial charge in [-0.1, -0.05) is 50.9 Å². The lowest BCUT2D eigenvalue weighted by molar-refractivity contribution is -0.127. The lowest BCUT2D eigenvalue weighted by Crippen LogP contribution is -2.34. The Bertz CT molecular complexity index is 2090. The molecule has 3 aromatic carbocycles. The summed E-state index contributed by atoms with van der Waals surface area (Å²) in [5, 5.41) is 20.3. The third-order valence-corrected chi connectivity index (χ3v) is 12.5. The monoisotopic (exact) mass is 908 g/mol. The zero-order valence-electron chi connectivity index (χ0n) is 34.1. The van der Waals surface area contributed by atoms with Crippen LogP contribution in [0.15, 0.2) is 90.9 Å². The Morgan fingerprint density at radius 3 is 1.18 bits per heavy atom. The van der Waals surface area contributed by atoms with Gasteiger partial charge in [0.05, 0.1) is 42.6 Å². The number of rotatable bonds is 24. The number of carbonyl (C=O) groups is 4. The molecule has 0 aliphatic heterocycles. The van der Waals surface area contributed by atoms with Gasteiger partial charge in [0.2, 0.25) is 32.1 Å². The molecule has 4 N–H and O–H groups in total. The fraction of sp³-hybridized carbons (Fsp3) is 0.421. The average Bonchev–Trinajstić information content (AvgIpc) is 3.20. The third-order valence-electron chi connectivity index (χ3n) is 8.94. The Morgan fingerprint density at radius 2 is 0.900 bits per heavy atom. The number of amides is 2. The van der Waals surface area contributed by atoms with Gasteiger partial charge in [0, 0.05) is 26.2 Å². The number of Topliss-reactive ketones (excluding diaryl/α,β-unsaturated/α-hetero) is 2. The normalized spacial score (nSPS) is 13.2. The summed E-state index contributed by atoms with van der Waals surface area (Å²) in [4.78, 5) is 55.2. The molecule has 3 aromatic rings. The number of halogens is 2. The van der Waals surface area contributed by atoms with Crippen molar-refractivity contribution < 1.29 is 36.0 Å². The van der Waals surface area contributed by atoms with Crippen LogP contribution in [0.5, 0.6) is 0 Å². The minimum atomic E-state index is -3.79. The maximum atomic E-state index is 13.1. The molecule has 326 valence electrons. The molecule has 22 heteroatoms. The van der Waals surface area contributed by atoms with Crippen molar-refractivity contribution in [3.8, 4) is 0 Å². The molecule has 0 aliphatic carbocycles. The maximum Gasteiger partial charge on any atom is 0.258 e. The van der Waals surface area contributed by atoms with Gasteiger partial charge in [-0.05, 0) is 101 Å². The van der Waals surface area contributed by atoms with E-state index >= 15 is 0 Å². The molecule has 0 saturated heterocycles. The van der Waals surface area contributed by atoms with Gasteiger partial charge < -0.3 is 20.4 Å². The summed E-state index contributed by atoms with van der Waals surface area (Å²) in [6.45, 7) is 14.9. The predicted octanol–water partition coefficient (Wildman–Crippen LogP) is 5.59. The van der Waals surface area contributed by atoms with Gasteiger partial charge in [0.25, 0.3) is 11.8 Å². The predicted molar refractivity (Wildman–Crippen MR) is 231 cm³/mol. The highest BCUT2D eigenvalue weighted by Gasteiger charge is 2.27. The van der Waals surface area contributed by atoms with E-state index < -0.39 is 55.5 Å².